The molecule has 1 N–H and O–H groups in total. The molecule has 0 saturated carbocycles. The van der Waals surface area contributed by atoms with E-state index in [0.29, 0.717) is 10.9 Å². The van der Waals surface area contributed by atoms with Gasteiger partial charge in [0.15, 0.2) is 0 Å². The molecule has 52 valence electrons. The molecule has 0 amide bonds. The largest absolute Gasteiger partial charge is 0.391 e. The number of hydrogen-bond donors (Lipinski definition) is 2. The zero-order valence-corrected chi connectivity index (χ0v) is 6.66. The van der Waals surface area contributed by atoms with Crippen LogP contribution in [0.5, 0.6) is 0 Å². The first-order valence-electron chi connectivity index (χ1n) is 2.86. The number of aliphatic hydroxyl groups excluding tert-OH is 1. The molecule has 4 heteroatoms. The monoisotopic (exact) mass is 163 g/mol. The summed E-state index contributed by atoms with van der Waals surface area (Å²) in [5, 5.41) is 9.01. The van der Waals surface area contributed by atoms with E-state index in [1.807, 2.05) is 4.90 Å². The van der Waals surface area contributed by atoms with Gasteiger partial charge in [-0.2, -0.15) is 0 Å². The average molecular weight is 163 g/mol. The predicted octanol–water partition coefficient (Wildman–Crippen LogP) is 0.268. The average Bonchev–Trinajstić information content (AvgIpc) is 2.14. The lowest BCUT2D eigenvalue weighted by molar-refractivity contribution is 0.189. The number of thiol groups is 1. The van der Waals surface area contributed by atoms with E-state index in [-0.39, 0.29) is 6.10 Å². The second-order valence-corrected chi connectivity index (χ2v) is 3.28. The molecule has 1 fully saturated rings. The molecule has 1 aliphatic rings. The summed E-state index contributed by atoms with van der Waals surface area (Å²) in [7, 11) is 0. The van der Waals surface area contributed by atoms with Crippen molar-refractivity contribution in [3.63, 3.8) is 0 Å². The Morgan fingerprint density at radius 3 is 2.67 bits per heavy atom. The number of rotatable bonds is 0. The summed E-state index contributed by atoms with van der Waals surface area (Å²) in [4.78, 5) is 1.89. The first-order chi connectivity index (χ1) is 4.20. The molecule has 1 rings (SSSR count). The molecule has 0 radical (unpaired) electrons. The van der Waals surface area contributed by atoms with Crippen LogP contribution >= 0.6 is 24.8 Å². The van der Waals surface area contributed by atoms with Crippen LogP contribution in [0.1, 0.15) is 6.42 Å². The van der Waals surface area contributed by atoms with E-state index < -0.39 is 0 Å². The predicted molar refractivity (Wildman–Crippen MR) is 43.8 cm³/mol. The first kappa shape index (κ1) is 7.31. The molecular formula is C5H9NOS2. The molecule has 1 saturated heterocycles. The third-order valence-electron chi connectivity index (χ3n) is 1.43. The molecule has 1 heterocycles. The lowest BCUT2D eigenvalue weighted by Crippen LogP contribution is -2.23. The van der Waals surface area contributed by atoms with E-state index in [1.54, 1.807) is 0 Å². The first-order valence-corrected chi connectivity index (χ1v) is 3.71. The van der Waals surface area contributed by atoms with Gasteiger partial charge in [-0.05, 0) is 6.42 Å². The Hall–Kier alpha value is 0.200. The lowest BCUT2D eigenvalue weighted by atomic mass is 10.3. The molecule has 0 aliphatic carbocycles. The third-order valence-corrected chi connectivity index (χ3v) is 1.97. The summed E-state index contributed by atoms with van der Waals surface area (Å²) in [6, 6.07) is 0. The second-order valence-electron chi connectivity index (χ2n) is 2.17. The van der Waals surface area contributed by atoms with Gasteiger partial charge in [-0.3, -0.25) is 0 Å². The summed E-state index contributed by atoms with van der Waals surface area (Å²) >= 11 is 8.77. The summed E-state index contributed by atoms with van der Waals surface area (Å²) in [5.74, 6) is 0. The molecule has 0 aromatic heterocycles. The maximum Gasteiger partial charge on any atom is 0.133 e. The molecule has 0 bridgehead atoms. The fourth-order valence-corrected chi connectivity index (χ4v) is 1.26. The SMILES string of the molecule is OC1CCN(C(=S)S)C1. The van der Waals surface area contributed by atoms with Crippen molar-refractivity contribution in [2.45, 2.75) is 12.5 Å². The van der Waals surface area contributed by atoms with Gasteiger partial charge in [-0.1, -0.05) is 12.2 Å². The quantitative estimate of drug-likeness (QED) is 0.396. The normalized spacial score (nSPS) is 26.9. The molecule has 2 nitrogen and oxygen atoms in total. The highest BCUT2D eigenvalue weighted by molar-refractivity contribution is 8.10. The summed E-state index contributed by atoms with van der Waals surface area (Å²) in [5.41, 5.74) is 0. The van der Waals surface area contributed by atoms with Gasteiger partial charge in [0, 0.05) is 13.1 Å². The van der Waals surface area contributed by atoms with Gasteiger partial charge in [0.1, 0.15) is 4.32 Å². The van der Waals surface area contributed by atoms with Gasteiger partial charge in [0.2, 0.25) is 0 Å². The highest BCUT2D eigenvalue weighted by Gasteiger charge is 2.19. The van der Waals surface area contributed by atoms with E-state index in [9.17, 15) is 0 Å². The minimum absolute atomic E-state index is 0.199. The fourth-order valence-electron chi connectivity index (χ4n) is 0.916. The Morgan fingerprint density at radius 2 is 2.44 bits per heavy atom. The van der Waals surface area contributed by atoms with Crippen LogP contribution in [0.15, 0.2) is 0 Å². The van der Waals surface area contributed by atoms with Crippen LogP contribution in [0, 0.1) is 0 Å². The van der Waals surface area contributed by atoms with Gasteiger partial charge in [-0.15, -0.1) is 12.6 Å². The number of likely N-dealkylation sites (tertiary alicyclic amines) is 1. The molecular weight excluding hydrogens is 154 g/mol. The standard InChI is InChI=1S/C5H9NOS2/c7-4-1-2-6(3-4)5(8)9/h4,7H,1-3H2,(H,8,9). The summed E-state index contributed by atoms with van der Waals surface area (Å²) in [6.45, 7) is 1.51. The van der Waals surface area contributed by atoms with Gasteiger partial charge < -0.3 is 10.0 Å². The maximum atomic E-state index is 9.01. The summed E-state index contributed by atoms with van der Waals surface area (Å²) < 4.78 is 0.589. The van der Waals surface area contributed by atoms with Crippen molar-refractivity contribution < 1.29 is 5.11 Å². The van der Waals surface area contributed by atoms with E-state index in [0.717, 1.165) is 13.0 Å². The fraction of sp³-hybridized carbons (Fsp3) is 0.800. The smallest absolute Gasteiger partial charge is 0.133 e. The second kappa shape index (κ2) is 2.86. The van der Waals surface area contributed by atoms with Gasteiger partial charge in [0.25, 0.3) is 0 Å². The minimum atomic E-state index is -0.199. The zero-order valence-electron chi connectivity index (χ0n) is 4.95. The van der Waals surface area contributed by atoms with Crippen LogP contribution in [-0.2, 0) is 0 Å². The third kappa shape index (κ3) is 1.81. The Bertz CT molecular complexity index is 128. The van der Waals surface area contributed by atoms with Crippen LogP contribution in [0.25, 0.3) is 0 Å². The topological polar surface area (TPSA) is 23.5 Å². The molecule has 1 aliphatic heterocycles. The van der Waals surface area contributed by atoms with Gasteiger partial charge in [-0.25, -0.2) is 0 Å². The number of aliphatic hydroxyl groups is 1. The highest BCUT2D eigenvalue weighted by atomic mass is 32.1. The Labute approximate surface area is 65.3 Å². The maximum absolute atomic E-state index is 9.01. The minimum Gasteiger partial charge on any atom is -0.391 e. The number of thiocarbonyl (C=S) groups is 1. The highest BCUT2D eigenvalue weighted by Crippen LogP contribution is 2.10. The van der Waals surface area contributed by atoms with E-state index >= 15 is 0 Å². The van der Waals surface area contributed by atoms with E-state index in [1.165, 1.54) is 0 Å². The molecule has 0 spiro atoms. The van der Waals surface area contributed by atoms with Crippen molar-refractivity contribution in [2.75, 3.05) is 13.1 Å². The molecule has 1 unspecified atom stereocenters. The lowest BCUT2D eigenvalue weighted by Gasteiger charge is -2.13. The van der Waals surface area contributed by atoms with Gasteiger partial charge >= 0.3 is 0 Å². The van der Waals surface area contributed by atoms with Crippen molar-refractivity contribution in [1.82, 2.24) is 4.90 Å². The van der Waals surface area contributed by atoms with Crippen molar-refractivity contribution in [2.24, 2.45) is 0 Å². The summed E-state index contributed by atoms with van der Waals surface area (Å²) in [6.07, 6.45) is 0.621. The molecule has 0 aromatic carbocycles. The van der Waals surface area contributed by atoms with Crippen LogP contribution in [0.4, 0.5) is 0 Å². The van der Waals surface area contributed by atoms with Crippen LogP contribution < -0.4 is 0 Å². The van der Waals surface area contributed by atoms with E-state index in [2.05, 4.69) is 12.6 Å². The Morgan fingerprint density at radius 1 is 1.78 bits per heavy atom. The molecule has 0 aromatic rings. The van der Waals surface area contributed by atoms with E-state index in [4.69, 9.17) is 17.3 Å². The number of hydrogen-bond acceptors (Lipinski definition) is 2. The van der Waals surface area contributed by atoms with Crippen molar-refractivity contribution >= 4 is 29.2 Å². The van der Waals surface area contributed by atoms with Crippen molar-refractivity contribution in [3.8, 4) is 0 Å². The van der Waals surface area contributed by atoms with Crippen LogP contribution in [0.2, 0.25) is 0 Å². The van der Waals surface area contributed by atoms with Crippen LogP contribution in [-0.4, -0.2) is 33.5 Å². The van der Waals surface area contributed by atoms with Crippen molar-refractivity contribution in [1.29, 1.82) is 0 Å². The van der Waals surface area contributed by atoms with Crippen LogP contribution in [0.3, 0.4) is 0 Å². The number of nitrogens with zero attached hydrogens (tertiary/aromatic N) is 1. The number of β-amino-alcohol motifs (C(OH)–C–C–N with tert-alkyl or cyclic N) is 1. The molecule has 1 atom stereocenters. The van der Waals surface area contributed by atoms with Gasteiger partial charge in [0.05, 0.1) is 6.10 Å². The van der Waals surface area contributed by atoms with Crippen molar-refractivity contribution in [3.05, 3.63) is 0 Å². The Balaban J connectivity index is 2.39. The zero-order chi connectivity index (χ0) is 6.85. The molecule has 9 heavy (non-hydrogen) atoms. The Kier molecular flexibility index (Phi) is 2.32.